The van der Waals surface area contributed by atoms with Crippen LogP contribution in [-0.4, -0.2) is 0 Å². The zero-order valence-electron chi connectivity index (χ0n) is 6.85. The van der Waals surface area contributed by atoms with Crippen molar-refractivity contribution in [2.75, 3.05) is 0 Å². The molecular weight excluding hydrogens is 108 g/mol. The minimum Gasteiger partial charge on any atom is -0.103 e. The Labute approximate surface area is 59.0 Å². The van der Waals surface area contributed by atoms with Gasteiger partial charge in [-0.3, -0.25) is 0 Å². The molecular formula is C9H18. The summed E-state index contributed by atoms with van der Waals surface area (Å²) in [4.78, 5) is 0. The molecule has 0 aliphatic carbocycles. The Kier molecular flexibility index (Phi) is 4.47. The SMILES string of the molecule is C=CC(CC)CC(C)C. The predicted molar refractivity (Wildman–Crippen MR) is 43.4 cm³/mol. The van der Waals surface area contributed by atoms with Crippen molar-refractivity contribution in [1.29, 1.82) is 0 Å². The third-order valence-corrected chi connectivity index (χ3v) is 1.63. The molecule has 9 heavy (non-hydrogen) atoms. The zero-order valence-corrected chi connectivity index (χ0v) is 6.85. The van der Waals surface area contributed by atoms with Crippen LogP contribution in [0.25, 0.3) is 0 Å². The topological polar surface area (TPSA) is 0 Å². The van der Waals surface area contributed by atoms with E-state index >= 15 is 0 Å². The highest BCUT2D eigenvalue weighted by Gasteiger charge is 2.02. The van der Waals surface area contributed by atoms with Crippen LogP contribution >= 0.6 is 0 Å². The monoisotopic (exact) mass is 126 g/mol. The molecule has 0 bridgehead atoms. The van der Waals surface area contributed by atoms with Crippen molar-refractivity contribution in [3.8, 4) is 0 Å². The second-order valence-electron chi connectivity index (χ2n) is 3.03. The predicted octanol–water partition coefficient (Wildman–Crippen LogP) is 3.24. The third kappa shape index (κ3) is 4.26. The smallest absolute Gasteiger partial charge is 0.0236 e. The summed E-state index contributed by atoms with van der Waals surface area (Å²) >= 11 is 0. The van der Waals surface area contributed by atoms with Crippen molar-refractivity contribution in [2.45, 2.75) is 33.6 Å². The highest BCUT2D eigenvalue weighted by molar-refractivity contribution is 4.78. The molecule has 0 saturated carbocycles. The molecule has 54 valence electrons. The summed E-state index contributed by atoms with van der Waals surface area (Å²) < 4.78 is 0. The van der Waals surface area contributed by atoms with E-state index in [2.05, 4.69) is 33.4 Å². The van der Waals surface area contributed by atoms with E-state index in [1.165, 1.54) is 12.8 Å². The van der Waals surface area contributed by atoms with Crippen molar-refractivity contribution in [1.82, 2.24) is 0 Å². The summed E-state index contributed by atoms with van der Waals surface area (Å²) in [6, 6.07) is 0. The maximum atomic E-state index is 3.78. The average Bonchev–Trinajstić information content (AvgIpc) is 1.82. The third-order valence-electron chi connectivity index (χ3n) is 1.63. The molecule has 0 N–H and O–H groups in total. The quantitative estimate of drug-likeness (QED) is 0.507. The van der Waals surface area contributed by atoms with E-state index in [0.29, 0.717) is 0 Å². The Morgan fingerprint density at radius 3 is 2.11 bits per heavy atom. The Morgan fingerprint density at radius 2 is 2.00 bits per heavy atom. The van der Waals surface area contributed by atoms with Crippen LogP contribution in [-0.2, 0) is 0 Å². The Balaban J connectivity index is 3.42. The maximum absolute atomic E-state index is 3.78. The van der Waals surface area contributed by atoms with E-state index in [0.717, 1.165) is 11.8 Å². The van der Waals surface area contributed by atoms with Crippen molar-refractivity contribution < 1.29 is 0 Å². The van der Waals surface area contributed by atoms with Gasteiger partial charge in [0.25, 0.3) is 0 Å². The molecule has 0 rings (SSSR count). The highest BCUT2D eigenvalue weighted by atomic mass is 14.1. The minimum absolute atomic E-state index is 0.741. The largest absolute Gasteiger partial charge is 0.103 e. The maximum Gasteiger partial charge on any atom is -0.0236 e. The van der Waals surface area contributed by atoms with Gasteiger partial charge in [-0.15, -0.1) is 6.58 Å². The summed E-state index contributed by atoms with van der Waals surface area (Å²) in [6.07, 6.45) is 4.60. The lowest BCUT2D eigenvalue weighted by molar-refractivity contribution is 0.466. The van der Waals surface area contributed by atoms with E-state index in [9.17, 15) is 0 Å². The van der Waals surface area contributed by atoms with E-state index in [1.807, 2.05) is 0 Å². The van der Waals surface area contributed by atoms with Crippen LogP contribution in [0.1, 0.15) is 33.6 Å². The lowest BCUT2D eigenvalue weighted by Gasteiger charge is -2.11. The first kappa shape index (κ1) is 8.74. The van der Waals surface area contributed by atoms with Crippen LogP contribution in [0.15, 0.2) is 12.7 Å². The van der Waals surface area contributed by atoms with E-state index < -0.39 is 0 Å². The van der Waals surface area contributed by atoms with E-state index in [1.54, 1.807) is 0 Å². The molecule has 0 fully saturated rings. The Morgan fingerprint density at radius 1 is 1.44 bits per heavy atom. The van der Waals surface area contributed by atoms with Crippen LogP contribution < -0.4 is 0 Å². The first-order chi connectivity index (χ1) is 4.20. The van der Waals surface area contributed by atoms with Crippen LogP contribution in [0, 0.1) is 11.8 Å². The molecule has 0 aromatic heterocycles. The molecule has 0 aliphatic heterocycles. The minimum atomic E-state index is 0.741. The van der Waals surface area contributed by atoms with Crippen molar-refractivity contribution in [3.63, 3.8) is 0 Å². The van der Waals surface area contributed by atoms with Crippen LogP contribution in [0.4, 0.5) is 0 Å². The van der Waals surface area contributed by atoms with Gasteiger partial charge in [0.15, 0.2) is 0 Å². The fraction of sp³-hybridized carbons (Fsp3) is 0.778. The van der Waals surface area contributed by atoms with Crippen LogP contribution in [0.5, 0.6) is 0 Å². The van der Waals surface area contributed by atoms with Gasteiger partial charge in [-0.1, -0.05) is 26.8 Å². The van der Waals surface area contributed by atoms with Crippen LogP contribution in [0.2, 0.25) is 0 Å². The fourth-order valence-electron chi connectivity index (χ4n) is 1.04. The first-order valence-corrected chi connectivity index (χ1v) is 3.83. The van der Waals surface area contributed by atoms with Crippen molar-refractivity contribution in [2.24, 2.45) is 11.8 Å². The van der Waals surface area contributed by atoms with Gasteiger partial charge in [0.05, 0.1) is 0 Å². The van der Waals surface area contributed by atoms with Crippen molar-refractivity contribution in [3.05, 3.63) is 12.7 Å². The molecule has 0 aromatic rings. The van der Waals surface area contributed by atoms with Gasteiger partial charge in [-0.2, -0.15) is 0 Å². The summed E-state index contributed by atoms with van der Waals surface area (Å²) in [5.41, 5.74) is 0. The molecule has 0 saturated heterocycles. The average molecular weight is 126 g/mol. The van der Waals surface area contributed by atoms with Gasteiger partial charge < -0.3 is 0 Å². The molecule has 0 spiro atoms. The molecule has 1 unspecified atom stereocenters. The standard InChI is InChI=1S/C9H18/c1-5-9(6-2)7-8(3)4/h5,8-9H,1,6-7H2,2-4H3. The van der Waals surface area contributed by atoms with E-state index in [4.69, 9.17) is 0 Å². The number of rotatable bonds is 4. The molecule has 0 amide bonds. The molecule has 0 heteroatoms. The summed E-state index contributed by atoms with van der Waals surface area (Å²) in [5.74, 6) is 1.55. The normalized spacial score (nSPS) is 13.8. The number of hydrogen-bond donors (Lipinski definition) is 0. The highest BCUT2D eigenvalue weighted by Crippen LogP contribution is 2.14. The van der Waals surface area contributed by atoms with Gasteiger partial charge in [-0.25, -0.2) is 0 Å². The Hall–Kier alpha value is -0.260. The number of hydrogen-bond acceptors (Lipinski definition) is 0. The molecule has 0 aliphatic rings. The molecule has 0 heterocycles. The molecule has 0 aromatic carbocycles. The first-order valence-electron chi connectivity index (χ1n) is 3.83. The van der Waals surface area contributed by atoms with Gasteiger partial charge in [-0.05, 0) is 24.7 Å². The zero-order chi connectivity index (χ0) is 7.28. The van der Waals surface area contributed by atoms with Crippen LogP contribution in [0.3, 0.4) is 0 Å². The van der Waals surface area contributed by atoms with E-state index in [-0.39, 0.29) is 0 Å². The molecule has 0 radical (unpaired) electrons. The molecule has 1 atom stereocenters. The second kappa shape index (κ2) is 4.60. The lowest BCUT2D eigenvalue weighted by atomic mass is 9.95. The molecule has 0 nitrogen and oxygen atoms in total. The van der Waals surface area contributed by atoms with Gasteiger partial charge >= 0.3 is 0 Å². The number of allylic oxidation sites excluding steroid dienone is 1. The summed E-state index contributed by atoms with van der Waals surface area (Å²) in [6.45, 7) is 10.5. The Bertz CT molecular complexity index is 72.1. The summed E-state index contributed by atoms with van der Waals surface area (Å²) in [7, 11) is 0. The second-order valence-corrected chi connectivity index (χ2v) is 3.03. The lowest BCUT2D eigenvalue weighted by Crippen LogP contribution is -1.98. The van der Waals surface area contributed by atoms with Gasteiger partial charge in [0, 0.05) is 0 Å². The van der Waals surface area contributed by atoms with Gasteiger partial charge in [0.1, 0.15) is 0 Å². The van der Waals surface area contributed by atoms with Crippen molar-refractivity contribution >= 4 is 0 Å². The van der Waals surface area contributed by atoms with Gasteiger partial charge in [0.2, 0.25) is 0 Å². The fourth-order valence-corrected chi connectivity index (χ4v) is 1.04. The summed E-state index contributed by atoms with van der Waals surface area (Å²) in [5, 5.41) is 0.